The van der Waals surface area contributed by atoms with E-state index in [0.29, 0.717) is 10.9 Å². The second-order valence-electron chi connectivity index (χ2n) is 10.8. The van der Waals surface area contributed by atoms with Crippen molar-refractivity contribution in [3.05, 3.63) is 114 Å². The SMILES string of the molecule is CCOC(=O)CNC(=O)NCc1cccc(-c2cccc(C3OC(CSc4ncccn4)C(C)C(c4ccc(CO)cc4)O3)c2)c1. The van der Waals surface area contributed by atoms with Gasteiger partial charge in [0, 0.05) is 36.2 Å². The van der Waals surface area contributed by atoms with E-state index >= 15 is 0 Å². The second kappa shape index (κ2) is 16.3. The minimum Gasteiger partial charge on any atom is -0.465 e. The molecule has 0 saturated carbocycles. The van der Waals surface area contributed by atoms with Gasteiger partial charge >= 0.3 is 12.0 Å². The molecule has 1 saturated heterocycles. The number of esters is 1. The summed E-state index contributed by atoms with van der Waals surface area (Å²) < 4.78 is 18.1. The van der Waals surface area contributed by atoms with Gasteiger partial charge in [0.2, 0.25) is 0 Å². The van der Waals surface area contributed by atoms with Crippen LogP contribution in [-0.4, -0.2) is 52.1 Å². The van der Waals surface area contributed by atoms with E-state index in [4.69, 9.17) is 14.2 Å². The maximum absolute atomic E-state index is 12.2. The zero-order valence-corrected chi connectivity index (χ0v) is 26.6. The molecule has 0 aliphatic carbocycles. The van der Waals surface area contributed by atoms with Crippen molar-refractivity contribution in [3.63, 3.8) is 0 Å². The van der Waals surface area contributed by atoms with Gasteiger partial charge in [-0.1, -0.05) is 79.3 Å². The molecule has 1 aliphatic heterocycles. The molecule has 240 valence electrons. The van der Waals surface area contributed by atoms with Gasteiger partial charge in [0.05, 0.1) is 25.4 Å². The number of benzene rings is 3. The summed E-state index contributed by atoms with van der Waals surface area (Å²) in [6, 6.07) is 25.2. The molecule has 5 rings (SSSR count). The fourth-order valence-corrected chi connectivity index (χ4v) is 6.13. The monoisotopic (exact) mass is 642 g/mol. The van der Waals surface area contributed by atoms with Gasteiger partial charge in [-0.3, -0.25) is 4.79 Å². The first kappa shape index (κ1) is 33.1. The van der Waals surface area contributed by atoms with Crippen LogP contribution in [0.5, 0.6) is 0 Å². The van der Waals surface area contributed by atoms with Crippen LogP contribution in [-0.2, 0) is 32.2 Å². The smallest absolute Gasteiger partial charge is 0.325 e. The van der Waals surface area contributed by atoms with E-state index in [1.54, 1.807) is 37.1 Å². The van der Waals surface area contributed by atoms with Gasteiger partial charge in [0.25, 0.3) is 0 Å². The van der Waals surface area contributed by atoms with Gasteiger partial charge in [-0.25, -0.2) is 14.8 Å². The third-order valence-electron chi connectivity index (χ3n) is 7.61. The Morgan fingerprint density at radius 3 is 2.37 bits per heavy atom. The van der Waals surface area contributed by atoms with Crippen molar-refractivity contribution in [2.24, 2.45) is 5.92 Å². The maximum Gasteiger partial charge on any atom is 0.325 e. The Morgan fingerprint density at radius 2 is 1.63 bits per heavy atom. The Balaban J connectivity index is 1.32. The average Bonchev–Trinajstić information content (AvgIpc) is 3.10. The molecule has 10 nitrogen and oxygen atoms in total. The number of hydrogen-bond acceptors (Lipinski definition) is 9. The van der Waals surface area contributed by atoms with Crippen LogP contribution in [0, 0.1) is 5.92 Å². The number of carbonyl (C=O) groups is 2. The summed E-state index contributed by atoms with van der Waals surface area (Å²) >= 11 is 1.55. The largest absolute Gasteiger partial charge is 0.465 e. The number of carbonyl (C=O) groups excluding carboxylic acids is 2. The van der Waals surface area contributed by atoms with Crippen molar-refractivity contribution >= 4 is 23.8 Å². The van der Waals surface area contributed by atoms with E-state index in [2.05, 4.69) is 33.6 Å². The van der Waals surface area contributed by atoms with Gasteiger partial charge in [0.15, 0.2) is 11.4 Å². The number of thioether (sulfide) groups is 1. The summed E-state index contributed by atoms with van der Waals surface area (Å²) in [7, 11) is 0. The van der Waals surface area contributed by atoms with Crippen molar-refractivity contribution < 1.29 is 28.9 Å². The van der Waals surface area contributed by atoms with Crippen molar-refractivity contribution in [2.45, 2.75) is 50.7 Å². The van der Waals surface area contributed by atoms with E-state index in [1.807, 2.05) is 66.7 Å². The number of aliphatic hydroxyl groups is 1. The quantitative estimate of drug-likeness (QED) is 0.103. The summed E-state index contributed by atoms with van der Waals surface area (Å²) in [4.78, 5) is 32.4. The van der Waals surface area contributed by atoms with Crippen LogP contribution < -0.4 is 10.6 Å². The van der Waals surface area contributed by atoms with Crippen LogP contribution in [0.15, 0.2) is 96.4 Å². The minimum atomic E-state index is -0.617. The molecule has 3 aromatic carbocycles. The van der Waals surface area contributed by atoms with Gasteiger partial charge in [0.1, 0.15) is 6.54 Å². The van der Waals surface area contributed by atoms with Crippen molar-refractivity contribution in [3.8, 4) is 11.1 Å². The summed E-state index contributed by atoms with van der Waals surface area (Å²) in [5, 5.41) is 15.5. The summed E-state index contributed by atoms with van der Waals surface area (Å²) in [5.74, 6) is 0.202. The van der Waals surface area contributed by atoms with Gasteiger partial charge < -0.3 is 30.0 Å². The standard InChI is InChI=1S/C35H38N4O6S/c1-3-43-31(41)20-39-34(42)38-19-25-7-4-8-27(17-25)28-9-5-10-29(18-28)33-44-30(22-46-35-36-15-6-16-37-35)23(2)32(45-33)26-13-11-24(21-40)12-14-26/h4-18,23,30,32-33,40H,3,19-22H2,1-2H3,(H2,38,39,42). The highest BCUT2D eigenvalue weighted by Gasteiger charge is 2.38. The van der Waals surface area contributed by atoms with E-state index in [9.17, 15) is 14.7 Å². The topological polar surface area (TPSA) is 132 Å². The molecule has 11 heteroatoms. The molecule has 2 heterocycles. The molecule has 2 amide bonds. The molecule has 1 aromatic heterocycles. The Bertz CT molecular complexity index is 1590. The molecule has 4 atom stereocenters. The van der Waals surface area contributed by atoms with E-state index in [0.717, 1.165) is 33.4 Å². The number of hydrogen-bond donors (Lipinski definition) is 3. The Hall–Kier alpha value is -4.29. The highest BCUT2D eigenvalue weighted by atomic mass is 32.2. The zero-order chi connectivity index (χ0) is 32.3. The van der Waals surface area contributed by atoms with Crippen LogP contribution in [0.4, 0.5) is 4.79 Å². The highest BCUT2D eigenvalue weighted by Crippen LogP contribution is 2.43. The molecule has 3 N–H and O–H groups in total. The third kappa shape index (κ3) is 8.91. The van der Waals surface area contributed by atoms with E-state index in [1.165, 1.54) is 0 Å². The normalized spacial score (nSPS) is 19.3. The lowest BCUT2D eigenvalue weighted by molar-refractivity contribution is -0.268. The Morgan fingerprint density at radius 1 is 0.891 bits per heavy atom. The number of urea groups is 1. The molecule has 0 bridgehead atoms. The predicted molar refractivity (Wildman–Crippen MR) is 174 cm³/mol. The second-order valence-corrected chi connectivity index (χ2v) is 11.8. The van der Waals surface area contributed by atoms with Crippen LogP contribution in [0.2, 0.25) is 0 Å². The Kier molecular flexibility index (Phi) is 11.7. The van der Waals surface area contributed by atoms with Crippen LogP contribution in [0.25, 0.3) is 11.1 Å². The summed E-state index contributed by atoms with van der Waals surface area (Å²) in [6.07, 6.45) is 2.46. The number of aromatic nitrogens is 2. The molecule has 0 spiro atoms. The third-order valence-corrected chi connectivity index (χ3v) is 8.58. The first-order chi connectivity index (χ1) is 22.4. The number of nitrogens with one attached hydrogen (secondary N) is 2. The van der Waals surface area contributed by atoms with Crippen molar-refractivity contribution in [1.82, 2.24) is 20.6 Å². The van der Waals surface area contributed by atoms with Crippen LogP contribution in [0.1, 0.15) is 48.5 Å². The first-order valence-electron chi connectivity index (χ1n) is 15.2. The number of ether oxygens (including phenoxy) is 3. The molecule has 46 heavy (non-hydrogen) atoms. The predicted octanol–water partition coefficient (Wildman–Crippen LogP) is 5.58. The average molecular weight is 643 g/mol. The maximum atomic E-state index is 12.2. The number of rotatable bonds is 12. The number of aliphatic hydroxyl groups excluding tert-OH is 1. The fourth-order valence-electron chi connectivity index (χ4n) is 5.16. The molecule has 1 fully saturated rings. The molecule has 0 radical (unpaired) electrons. The van der Waals surface area contributed by atoms with Crippen molar-refractivity contribution in [2.75, 3.05) is 18.9 Å². The lowest BCUT2D eigenvalue weighted by atomic mass is 9.91. The zero-order valence-electron chi connectivity index (χ0n) is 25.8. The summed E-state index contributed by atoms with van der Waals surface area (Å²) in [6.45, 7) is 4.19. The first-order valence-corrected chi connectivity index (χ1v) is 16.2. The molecular formula is C35H38N4O6S. The molecule has 1 aliphatic rings. The Labute approximate surface area is 272 Å². The van der Waals surface area contributed by atoms with Gasteiger partial charge in [-0.05, 0) is 52.9 Å². The lowest BCUT2D eigenvalue weighted by Crippen LogP contribution is -2.38. The fraction of sp³-hybridized carbons (Fsp3) is 0.314. The van der Waals surface area contributed by atoms with Crippen molar-refractivity contribution in [1.29, 1.82) is 0 Å². The van der Waals surface area contributed by atoms with Crippen LogP contribution >= 0.6 is 11.8 Å². The van der Waals surface area contributed by atoms with E-state index in [-0.39, 0.29) is 44.4 Å². The lowest BCUT2D eigenvalue weighted by Gasteiger charge is -2.41. The molecular weight excluding hydrogens is 604 g/mol. The van der Waals surface area contributed by atoms with E-state index < -0.39 is 18.3 Å². The summed E-state index contributed by atoms with van der Waals surface area (Å²) in [5.41, 5.74) is 5.60. The minimum absolute atomic E-state index is 0.0177. The van der Waals surface area contributed by atoms with Gasteiger partial charge in [-0.2, -0.15) is 0 Å². The van der Waals surface area contributed by atoms with Gasteiger partial charge in [-0.15, -0.1) is 0 Å². The number of nitrogens with zero attached hydrogens (tertiary/aromatic N) is 2. The molecule has 4 unspecified atom stereocenters. The highest BCUT2D eigenvalue weighted by molar-refractivity contribution is 7.99. The van der Waals surface area contributed by atoms with Crippen LogP contribution in [0.3, 0.4) is 0 Å². The number of amides is 2. The molecule has 4 aromatic rings.